The minimum Gasteiger partial charge on any atom is -0.406 e. The summed E-state index contributed by atoms with van der Waals surface area (Å²) in [4.78, 5) is 0. The van der Waals surface area contributed by atoms with Crippen molar-refractivity contribution in [2.75, 3.05) is 0 Å². The third-order valence-corrected chi connectivity index (χ3v) is 19.2. The lowest BCUT2D eigenvalue weighted by atomic mass is 9.96. The van der Waals surface area contributed by atoms with E-state index in [1.54, 1.807) is 0 Å². The summed E-state index contributed by atoms with van der Waals surface area (Å²) in [7, 11) is -3.87. The van der Waals surface area contributed by atoms with Crippen molar-refractivity contribution in [1.82, 2.24) is 0 Å². The lowest BCUT2D eigenvalue weighted by Gasteiger charge is -2.41. The van der Waals surface area contributed by atoms with Gasteiger partial charge in [0.2, 0.25) is 0 Å². The van der Waals surface area contributed by atoms with E-state index in [4.69, 9.17) is 8.85 Å². The fraction of sp³-hybridized carbons (Fsp3) is 0.556. The van der Waals surface area contributed by atoms with Gasteiger partial charge in [0.1, 0.15) is 0 Å². The van der Waals surface area contributed by atoms with Gasteiger partial charge in [-0.3, -0.25) is 0 Å². The lowest BCUT2D eigenvalue weighted by molar-refractivity contribution is 0.227. The molecule has 0 N–H and O–H groups in total. The Kier molecular flexibility index (Phi) is 9.26. The third-order valence-electron chi connectivity index (χ3n) is 10.4. The van der Waals surface area contributed by atoms with Crippen molar-refractivity contribution in [2.24, 2.45) is 0 Å². The van der Waals surface area contributed by atoms with Crippen LogP contribution in [0.4, 0.5) is 0 Å². The normalized spacial score (nSPS) is 19.4. The molecule has 0 bridgehead atoms. The molecule has 40 heavy (non-hydrogen) atoms. The van der Waals surface area contributed by atoms with Gasteiger partial charge in [-0.25, -0.2) is 0 Å². The van der Waals surface area contributed by atoms with Crippen LogP contribution in [0.25, 0.3) is 11.1 Å². The van der Waals surface area contributed by atoms with Crippen LogP contribution in [0.15, 0.2) is 60.7 Å². The number of allylic oxidation sites excluding steroid dienone is 2. The lowest BCUT2D eigenvalue weighted by Crippen LogP contribution is -2.43. The average Bonchev–Trinajstić information content (AvgIpc) is 3.40. The van der Waals surface area contributed by atoms with Gasteiger partial charge in [0, 0.05) is 0 Å². The van der Waals surface area contributed by atoms with Crippen LogP contribution in [0, 0.1) is 0 Å². The molecular weight excluding hydrogens is 521 g/mol. The summed E-state index contributed by atoms with van der Waals surface area (Å²) in [6.07, 6.45) is 11.9. The first-order valence-corrected chi connectivity index (χ1v) is 21.5. The minimum atomic E-state index is -1.93. The van der Waals surface area contributed by atoms with Gasteiger partial charge in [0.05, 0.1) is 12.2 Å². The first-order valence-electron chi connectivity index (χ1n) is 15.7. The molecule has 0 aromatic heterocycles. The summed E-state index contributed by atoms with van der Waals surface area (Å²) < 4.78 is 14.1. The van der Waals surface area contributed by atoms with Gasteiger partial charge < -0.3 is 8.85 Å². The van der Waals surface area contributed by atoms with Crippen LogP contribution in [0.3, 0.4) is 0 Å². The zero-order valence-electron chi connectivity index (χ0n) is 27.0. The average molecular weight is 575 g/mol. The van der Waals surface area contributed by atoms with E-state index in [0.29, 0.717) is 0 Å². The Bertz CT molecular complexity index is 1150. The molecule has 0 radical (unpaired) electrons. The first-order chi connectivity index (χ1) is 18.7. The number of hydrogen-bond acceptors (Lipinski definition) is 2. The molecule has 0 spiro atoms. The molecule has 2 aliphatic rings. The molecule has 0 aliphatic heterocycles. The molecule has 218 valence electrons. The molecule has 2 aromatic rings. The highest BCUT2D eigenvalue weighted by molar-refractivity contribution is 6.74. The fourth-order valence-corrected chi connectivity index (χ4v) is 10.5. The molecule has 0 heterocycles. The Labute approximate surface area is 247 Å². The molecule has 4 rings (SSSR count). The van der Waals surface area contributed by atoms with Gasteiger partial charge in [-0.15, -0.1) is 0 Å². The van der Waals surface area contributed by atoms with Crippen molar-refractivity contribution in [3.8, 4) is 0 Å². The summed E-state index contributed by atoms with van der Waals surface area (Å²) >= 11 is 0. The molecular formula is C36H54O2Si2. The Morgan fingerprint density at radius 1 is 0.600 bits per heavy atom. The van der Waals surface area contributed by atoms with Crippen LogP contribution in [0.2, 0.25) is 36.3 Å². The van der Waals surface area contributed by atoms with Gasteiger partial charge in [0.15, 0.2) is 16.6 Å². The van der Waals surface area contributed by atoms with Crippen molar-refractivity contribution in [3.05, 3.63) is 82.9 Å². The number of rotatable bonds is 13. The Morgan fingerprint density at radius 3 is 1.30 bits per heavy atom. The van der Waals surface area contributed by atoms with E-state index in [1.807, 2.05) is 0 Å². The Morgan fingerprint density at radius 2 is 0.950 bits per heavy atom. The van der Waals surface area contributed by atoms with Gasteiger partial charge in [-0.05, 0) is 107 Å². The van der Waals surface area contributed by atoms with Crippen LogP contribution in [0.5, 0.6) is 0 Å². The molecule has 2 atom stereocenters. The van der Waals surface area contributed by atoms with Gasteiger partial charge in [0.25, 0.3) is 0 Å². The second kappa shape index (κ2) is 11.9. The smallest absolute Gasteiger partial charge is 0.193 e. The van der Waals surface area contributed by atoms with Crippen LogP contribution in [-0.2, 0) is 8.85 Å². The maximum absolute atomic E-state index is 7.06. The van der Waals surface area contributed by atoms with E-state index in [9.17, 15) is 0 Å². The number of benzene rings is 2. The van der Waals surface area contributed by atoms with Gasteiger partial charge >= 0.3 is 0 Å². The van der Waals surface area contributed by atoms with Gasteiger partial charge in [-0.2, -0.15) is 0 Å². The largest absolute Gasteiger partial charge is 0.406 e. The first kappa shape index (κ1) is 31.2. The SMILES string of the molecule is CCCC(C)(C)[Si](C)(C)O[C@H]1C=C(CCC2=C[C@@H](O[Si](C)(C)C(C)(C)CCC)c3ccccc32)c2ccccc21. The highest BCUT2D eigenvalue weighted by Crippen LogP contribution is 2.50. The molecule has 2 aromatic carbocycles. The Hall–Kier alpha value is -1.73. The molecule has 0 saturated carbocycles. The predicted molar refractivity (Wildman–Crippen MR) is 179 cm³/mol. The quantitative estimate of drug-likeness (QED) is 0.221. The highest BCUT2D eigenvalue weighted by Gasteiger charge is 2.44. The maximum atomic E-state index is 7.06. The molecule has 0 saturated heterocycles. The fourth-order valence-electron chi connectivity index (χ4n) is 6.51. The topological polar surface area (TPSA) is 18.5 Å². The highest BCUT2D eigenvalue weighted by atomic mass is 28.4. The van der Waals surface area contributed by atoms with Crippen LogP contribution >= 0.6 is 0 Å². The van der Waals surface area contributed by atoms with Gasteiger partial charge in [-0.1, -0.05) is 103 Å². The molecule has 2 aliphatic carbocycles. The number of fused-ring (bicyclic) bond motifs is 2. The van der Waals surface area contributed by atoms with Crippen LogP contribution in [-0.4, -0.2) is 16.6 Å². The minimum absolute atomic E-state index is 0.0671. The number of hydrogen-bond donors (Lipinski definition) is 0. The van der Waals surface area contributed by atoms with Crippen molar-refractivity contribution in [3.63, 3.8) is 0 Å². The maximum Gasteiger partial charge on any atom is 0.193 e. The predicted octanol–water partition coefficient (Wildman–Crippen LogP) is 11.6. The molecule has 0 amide bonds. The second-order valence-electron chi connectivity index (χ2n) is 14.4. The van der Waals surface area contributed by atoms with Crippen LogP contribution < -0.4 is 0 Å². The van der Waals surface area contributed by atoms with Crippen molar-refractivity contribution < 1.29 is 8.85 Å². The summed E-state index contributed by atoms with van der Waals surface area (Å²) in [5.74, 6) is 0. The molecule has 2 nitrogen and oxygen atoms in total. The van der Waals surface area contributed by atoms with Crippen molar-refractivity contribution in [1.29, 1.82) is 0 Å². The molecule has 0 unspecified atom stereocenters. The van der Waals surface area contributed by atoms with E-state index in [1.165, 1.54) is 59.1 Å². The second-order valence-corrected chi connectivity index (χ2v) is 23.6. The van der Waals surface area contributed by atoms with E-state index >= 15 is 0 Å². The molecule has 4 heteroatoms. The summed E-state index contributed by atoms with van der Waals surface area (Å²) in [5.41, 5.74) is 8.30. The Balaban J connectivity index is 1.55. The third kappa shape index (κ3) is 6.21. The standard InChI is InChI=1S/C36H54O2Si2/c1-11-23-35(3,4)39(7,8)37-33-25-27(29-17-13-15-19-31(29)33)21-22-28-26-34(32-20-16-14-18-30(28)32)38-40(9,10)36(5,6)24-12-2/h13-20,25-26,33-34H,11-12,21-24H2,1-10H3/t33-,34+. The van der Waals surface area contributed by atoms with E-state index in [2.05, 4.69) is 128 Å². The molecule has 0 fully saturated rings. The summed E-state index contributed by atoms with van der Waals surface area (Å²) in [6.45, 7) is 23.8. The summed E-state index contributed by atoms with van der Waals surface area (Å²) in [5, 5.41) is 0.479. The van der Waals surface area contributed by atoms with E-state index in [-0.39, 0.29) is 22.3 Å². The van der Waals surface area contributed by atoms with E-state index < -0.39 is 16.6 Å². The van der Waals surface area contributed by atoms with Crippen molar-refractivity contribution >= 4 is 27.8 Å². The van der Waals surface area contributed by atoms with Crippen LogP contribution in [0.1, 0.15) is 115 Å². The zero-order valence-corrected chi connectivity index (χ0v) is 29.0. The zero-order chi connectivity index (χ0) is 29.3. The monoisotopic (exact) mass is 574 g/mol. The summed E-state index contributed by atoms with van der Waals surface area (Å²) in [6, 6.07) is 17.8. The van der Waals surface area contributed by atoms with E-state index in [0.717, 1.165) is 12.8 Å². The van der Waals surface area contributed by atoms with Crippen molar-refractivity contribution in [2.45, 2.75) is 129 Å².